The third kappa shape index (κ3) is 3.16. The maximum Gasteiger partial charge on any atom is 0.210 e. The average molecular weight is 417 g/mol. The van der Waals surface area contributed by atoms with Gasteiger partial charge >= 0.3 is 0 Å². The number of carbonyl (C=O) groups excluding carboxylic acids is 1. The van der Waals surface area contributed by atoms with E-state index in [2.05, 4.69) is 10.3 Å². The van der Waals surface area contributed by atoms with E-state index in [-0.39, 0.29) is 6.04 Å². The number of ether oxygens (including phenoxy) is 1. The summed E-state index contributed by atoms with van der Waals surface area (Å²) in [6.45, 7) is 9.20. The van der Waals surface area contributed by atoms with Crippen molar-refractivity contribution in [3.63, 3.8) is 0 Å². The number of halogens is 1. The predicted molar refractivity (Wildman–Crippen MR) is 113 cm³/mol. The normalized spacial score (nSPS) is 21.5. The van der Waals surface area contributed by atoms with Gasteiger partial charge in [-0.05, 0) is 39.3 Å². The summed E-state index contributed by atoms with van der Waals surface area (Å²) in [7, 11) is 0. The fourth-order valence-corrected chi connectivity index (χ4v) is 4.33. The average Bonchev–Trinajstić information content (AvgIpc) is 2.88. The maximum absolute atomic E-state index is 11.4. The highest BCUT2D eigenvalue weighted by Crippen LogP contribution is 2.41. The van der Waals surface area contributed by atoms with Crippen LogP contribution in [0, 0.1) is 13.8 Å². The van der Waals surface area contributed by atoms with E-state index in [0.29, 0.717) is 24.7 Å². The monoisotopic (exact) mass is 416 g/mol. The van der Waals surface area contributed by atoms with Crippen molar-refractivity contribution in [2.75, 3.05) is 18.5 Å². The topological polar surface area (TPSA) is 97.8 Å². The van der Waals surface area contributed by atoms with E-state index < -0.39 is 5.66 Å². The molecule has 0 saturated heterocycles. The molecule has 8 nitrogen and oxygen atoms in total. The van der Waals surface area contributed by atoms with Crippen LogP contribution < -0.4 is 15.8 Å². The molecular formula is C20H25ClN6O2. The highest BCUT2D eigenvalue weighted by Gasteiger charge is 2.34. The Morgan fingerprint density at radius 1 is 1.45 bits per heavy atom. The molecule has 1 aromatic carbocycles. The van der Waals surface area contributed by atoms with E-state index in [0.717, 1.165) is 45.9 Å². The van der Waals surface area contributed by atoms with Gasteiger partial charge in [-0.2, -0.15) is 5.10 Å². The molecule has 2 unspecified atom stereocenters. The molecular weight excluding hydrogens is 392 g/mol. The number of carbonyl (C=O) groups is 1. The number of hydrogen-bond acceptors (Lipinski definition) is 6. The lowest BCUT2D eigenvalue weighted by Crippen LogP contribution is -2.35. The molecule has 0 bridgehead atoms. The molecule has 3 heterocycles. The van der Waals surface area contributed by atoms with Crippen LogP contribution in [0.25, 0.3) is 0 Å². The summed E-state index contributed by atoms with van der Waals surface area (Å²) in [4.78, 5) is 17.4. The van der Waals surface area contributed by atoms with E-state index in [1.807, 2.05) is 38.4 Å². The van der Waals surface area contributed by atoms with Crippen molar-refractivity contribution in [3.8, 4) is 5.75 Å². The number of rotatable bonds is 3. The maximum atomic E-state index is 11.4. The van der Waals surface area contributed by atoms with Crippen molar-refractivity contribution < 1.29 is 9.53 Å². The van der Waals surface area contributed by atoms with Gasteiger partial charge in [-0.25, -0.2) is 9.67 Å². The van der Waals surface area contributed by atoms with E-state index in [9.17, 15) is 4.79 Å². The van der Waals surface area contributed by atoms with Crippen LogP contribution in [0.2, 0.25) is 5.02 Å². The zero-order valence-electron chi connectivity index (χ0n) is 17.0. The van der Waals surface area contributed by atoms with Gasteiger partial charge in [0.05, 0.1) is 30.2 Å². The summed E-state index contributed by atoms with van der Waals surface area (Å²) >= 11 is 6.57. The number of aromatic nitrogens is 2. The van der Waals surface area contributed by atoms with Crippen LogP contribution in [0.4, 0.5) is 5.82 Å². The highest BCUT2D eigenvalue weighted by atomic mass is 35.5. The fourth-order valence-electron chi connectivity index (χ4n) is 4.10. The van der Waals surface area contributed by atoms with Crippen LogP contribution in [0.5, 0.6) is 5.75 Å². The second kappa shape index (κ2) is 7.03. The second-order valence-electron chi connectivity index (χ2n) is 7.78. The van der Waals surface area contributed by atoms with Gasteiger partial charge in [-0.3, -0.25) is 4.79 Å². The lowest BCUT2D eigenvalue weighted by atomic mass is 9.98. The van der Waals surface area contributed by atoms with Crippen LogP contribution in [0.15, 0.2) is 11.1 Å². The first-order valence-corrected chi connectivity index (χ1v) is 9.95. The largest absolute Gasteiger partial charge is 0.491 e. The summed E-state index contributed by atoms with van der Waals surface area (Å²) < 4.78 is 8.01. The first kappa shape index (κ1) is 19.7. The van der Waals surface area contributed by atoms with Crippen LogP contribution in [0.3, 0.4) is 0 Å². The smallest absolute Gasteiger partial charge is 0.210 e. The highest BCUT2D eigenvalue weighted by molar-refractivity contribution is 6.31. The van der Waals surface area contributed by atoms with Gasteiger partial charge in [-0.15, -0.1) is 0 Å². The third-order valence-corrected chi connectivity index (χ3v) is 6.10. The van der Waals surface area contributed by atoms with Gasteiger partial charge in [-0.1, -0.05) is 11.6 Å². The predicted octanol–water partition coefficient (Wildman–Crippen LogP) is 2.70. The summed E-state index contributed by atoms with van der Waals surface area (Å²) in [5.41, 5.74) is 9.98. The molecule has 2 aliphatic rings. The molecule has 154 valence electrons. The number of nitrogens with zero attached hydrogens (tertiary/aromatic N) is 4. The van der Waals surface area contributed by atoms with Crippen molar-refractivity contribution in [1.29, 1.82) is 0 Å². The Hall–Kier alpha value is -2.58. The molecule has 3 N–H and O–H groups in total. The van der Waals surface area contributed by atoms with Gasteiger partial charge in [0, 0.05) is 22.7 Å². The SMILES string of the molecule is Cc1nn(C(C)c2cc(Cl)c(C)c3c2OCCN(C=O)C3)c2c1C(C)(N)N=CN2. The van der Waals surface area contributed by atoms with Crippen LogP contribution in [-0.2, 0) is 17.0 Å². The molecule has 2 aliphatic heterocycles. The van der Waals surface area contributed by atoms with Crippen LogP contribution >= 0.6 is 11.6 Å². The number of hydrogen-bond donors (Lipinski definition) is 2. The summed E-state index contributed by atoms with van der Waals surface area (Å²) in [6, 6.07) is 1.75. The van der Waals surface area contributed by atoms with Crippen LogP contribution in [0.1, 0.15) is 47.8 Å². The van der Waals surface area contributed by atoms with Gasteiger partial charge in [0.15, 0.2) is 0 Å². The lowest BCUT2D eigenvalue weighted by Gasteiger charge is -2.27. The van der Waals surface area contributed by atoms with Gasteiger partial charge in [0.25, 0.3) is 0 Å². The molecule has 4 rings (SSSR count). The minimum Gasteiger partial charge on any atom is -0.491 e. The molecule has 0 fully saturated rings. The Balaban J connectivity index is 1.85. The minimum atomic E-state index is -0.842. The molecule has 2 aromatic rings. The number of fused-ring (bicyclic) bond motifs is 2. The molecule has 29 heavy (non-hydrogen) atoms. The first-order valence-electron chi connectivity index (χ1n) is 9.57. The zero-order chi connectivity index (χ0) is 20.9. The molecule has 1 aromatic heterocycles. The standard InChI is InChI=1S/C20H25ClN6O2/c1-11-15-8-26(10-28)5-6-29-18(15)14(7-16(11)21)13(3)27-19-17(12(2)25-27)20(4,22)24-9-23-19/h7,9-10,13H,5-6,8,22H2,1-4H3,(H,23,24). The molecule has 0 radical (unpaired) electrons. The quantitative estimate of drug-likeness (QED) is 0.749. The van der Waals surface area contributed by atoms with Gasteiger partial charge in [0.1, 0.15) is 23.8 Å². The Morgan fingerprint density at radius 2 is 2.21 bits per heavy atom. The lowest BCUT2D eigenvalue weighted by molar-refractivity contribution is -0.118. The summed E-state index contributed by atoms with van der Waals surface area (Å²) in [5, 5.41) is 8.58. The van der Waals surface area contributed by atoms with Crippen molar-refractivity contribution in [2.24, 2.45) is 10.7 Å². The number of benzene rings is 1. The fraction of sp³-hybridized carbons (Fsp3) is 0.450. The summed E-state index contributed by atoms with van der Waals surface area (Å²) in [5.74, 6) is 1.58. The van der Waals surface area contributed by atoms with Gasteiger partial charge < -0.3 is 20.7 Å². The van der Waals surface area contributed by atoms with E-state index in [4.69, 9.17) is 27.2 Å². The first-order chi connectivity index (χ1) is 13.7. The number of nitrogens with one attached hydrogen (secondary N) is 1. The number of aliphatic imine (C=N–C) groups is 1. The van der Waals surface area contributed by atoms with E-state index in [1.165, 1.54) is 0 Å². The third-order valence-electron chi connectivity index (χ3n) is 5.71. The number of anilines is 1. The zero-order valence-corrected chi connectivity index (χ0v) is 17.7. The Labute approximate surface area is 174 Å². The molecule has 9 heteroatoms. The van der Waals surface area contributed by atoms with E-state index in [1.54, 1.807) is 11.2 Å². The molecule has 0 aliphatic carbocycles. The van der Waals surface area contributed by atoms with Gasteiger partial charge in [0.2, 0.25) is 6.41 Å². The molecule has 0 saturated carbocycles. The molecule has 1 amide bonds. The van der Waals surface area contributed by atoms with Crippen molar-refractivity contribution in [1.82, 2.24) is 14.7 Å². The number of nitrogens with two attached hydrogens (primary N) is 1. The van der Waals surface area contributed by atoms with Crippen molar-refractivity contribution in [3.05, 3.63) is 39.0 Å². The van der Waals surface area contributed by atoms with Crippen molar-refractivity contribution >= 4 is 30.2 Å². The minimum absolute atomic E-state index is 0.179. The Morgan fingerprint density at radius 3 is 2.93 bits per heavy atom. The Kier molecular flexibility index (Phi) is 4.78. The molecule has 2 atom stereocenters. The van der Waals surface area contributed by atoms with Crippen LogP contribution in [-0.4, -0.2) is 40.6 Å². The summed E-state index contributed by atoms with van der Waals surface area (Å²) in [6.07, 6.45) is 2.45. The number of amides is 1. The molecule has 0 spiro atoms. The second-order valence-corrected chi connectivity index (χ2v) is 8.19. The van der Waals surface area contributed by atoms with Crippen molar-refractivity contribution in [2.45, 2.75) is 45.9 Å². The van der Waals surface area contributed by atoms with E-state index >= 15 is 0 Å². The Bertz CT molecular complexity index is 1010. The number of aryl methyl sites for hydroxylation is 1.